The van der Waals surface area contributed by atoms with Crippen LogP contribution in [0.25, 0.3) is 6.08 Å². The summed E-state index contributed by atoms with van der Waals surface area (Å²) in [7, 11) is 0. The van der Waals surface area contributed by atoms with Crippen LogP contribution in [0.5, 0.6) is 0 Å². The second-order valence-corrected chi connectivity index (χ2v) is 2.48. The molecule has 0 aliphatic heterocycles. The van der Waals surface area contributed by atoms with E-state index >= 15 is 0 Å². The van der Waals surface area contributed by atoms with Crippen molar-refractivity contribution in [1.29, 1.82) is 5.26 Å². The van der Waals surface area contributed by atoms with Gasteiger partial charge in [-0.15, -0.1) is 0 Å². The highest BCUT2D eigenvalue weighted by Gasteiger charge is 2.06. The van der Waals surface area contributed by atoms with Crippen molar-refractivity contribution in [2.24, 2.45) is 5.73 Å². The fraction of sp³-hybridized carbons (Fsp3) is 0. The van der Waals surface area contributed by atoms with Crippen LogP contribution in [0.1, 0.15) is 5.76 Å². The Morgan fingerprint density at radius 1 is 1.73 bits per heavy atom. The third-order valence-electron chi connectivity index (χ3n) is 1.47. The smallest absolute Gasteiger partial charge is 0.259 e. The van der Waals surface area contributed by atoms with Crippen molar-refractivity contribution in [3.63, 3.8) is 0 Å². The van der Waals surface area contributed by atoms with E-state index in [0.29, 0.717) is 0 Å². The number of anilines is 1. The first kappa shape index (κ1) is 10.8. The third kappa shape index (κ3) is 2.57. The molecule has 0 bridgehead atoms. The van der Waals surface area contributed by atoms with E-state index in [1.165, 1.54) is 12.1 Å². The Kier molecular flexibility index (Phi) is 3.07. The zero-order valence-electron chi connectivity index (χ0n) is 7.38. The predicted molar refractivity (Wildman–Crippen MR) is 49.1 cm³/mol. The number of nitrogens with two attached hydrogens (primary N) is 1. The fourth-order valence-electron chi connectivity index (χ4n) is 0.823. The Labute approximate surface area is 84.1 Å². The molecule has 1 aromatic rings. The maximum Gasteiger partial charge on any atom is 0.259 e. The highest BCUT2D eigenvalue weighted by atomic mass is 16.8. The van der Waals surface area contributed by atoms with Gasteiger partial charge in [0.1, 0.15) is 17.4 Å². The number of carbonyl (C=O) groups excluding carboxylic acids is 1. The number of carbonyl (C=O) groups is 1. The summed E-state index contributed by atoms with van der Waals surface area (Å²) in [6, 6.07) is 4.04. The molecule has 0 fully saturated rings. The van der Waals surface area contributed by atoms with Gasteiger partial charge in [0.25, 0.3) is 5.91 Å². The van der Waals surface area contributed by atoms with Crippen molar-refractivity contribution in [3.8, 4) is 6.07 Å². The molecule has 0 atom stereocenters. The van der Waals surface area contributed by atoms with Crippen molar-refractivity contribution >= 4 is 17.9 Å². The molecule has 0 saturated carbocycles. The van der Waals surface area contributed by atoms with Gasteiger partial charge in [0.2, 0.25) is 5.88 Å². The van der Waals surface area contributed by atoms with E-state index in [1.54, 1.807) is 6.07 Å². The molecule has 3 N–H and O–H groups in total. The minimum absolute atomic E-state index is 0.0650. The summed E-state index contributed by atoms with van der Waals surface area (Å²) in [5, 5.41) is 26.8. The lowest BCUT2D eigenvalue weighted by Crippen LogP contribution is -2.12. The lowest BCUT2D eigenvalue weighted by molar-refractivity contribution is -0.114. The first-order valence-electron chi connectivity index (χ1n) is 3.72. The molecule has 1 rings (SSSR count). The monoisotopic (exact) mass is 208 g/mol. The Balaban J connectivity index is 2.98. The number of furan rings is 1. The molecular weight excluding hydrogens is 202 g/mol. The summed E-state index contributed by atoms with van der Waals surface area (Å²) in [5.74, 6) is -1.20. The van der Waals surface area contributed by atoms with E-state index in [2.05, 4.69) is 0 Å². The summed E-state index contributed by atoms with van der Waals surface area (Å²) in [6.45, 7) is 0. The second kappa shape index (κ2) is 4.28. The highest BCUT2D eigenvalue weighted by molar-refractivity contribution is 6.00. The van der Waals surface area contributed by atoms with Crippen LogP contribution in [0.4, 0.5) is 5.88 Å². The van der Waals surface area contributed by atoms with Crippen LogP contribution < -0.4 is 11.0 Å². The lowest BCUT2D eigenvalue weighted by Gasteiger charge is -2.16. The van der Waals surface area contributed by atoms with Gasteiger partial charge < -0.3 is 15.4 Å². The zero-order valence-corrected chi connectivity index (χ0v) is 7.38. The third-order valence-corrected chi connectivity index (χ3v) is 1.47. The predicted octanol–water partition coefficient (Wildman–Crippen LogP) is 0.365. The van der Waals surface area contributed by atoms with Crippen LogP contribution in [-0.4, -0.2) is 11.1 Å². The average Bonchev–Trinajstić information content (AvgIpc) is 2.61. The molecule has 1 heterocycles. The number of nitrogens with zero attached hydrogens (tertiary/aromatic N) is 2. The molecule has 0 aliphatic rings. The normalized spacial score (nSPS) is 10.9. The maximum absolute atomic E-state index is 10.6. The average molecular weight is 208 g/mol. The van der Waals surface area contributed by atoms with Crippen LogP contribution in [0, 0.1) is 16.5 Å². The van der Waals surface area contributed by atoms with E-state index < -0.39 is 11.1 Å². The zero-order chi connectivity index (χ0) is 11.4. The quantitative estimate of drug-likeness (QED) is 0.419. The maximum atomic E-state index is 10.6. The molecule has 0 aromatic carbocycles. The molecule has 1 aromatic heterocycles. The largest absolute Gasteiger partial charge is 0.731 e. The van der Waals surface area contributed by atoms with Gasteiger partial charge in [0.05, 0.1) is 0 Å². The topological polar surface area (TPSA) is 127 Å². The van der Waals surface area contributed by atoms with Crippen molar-refractivity contribution in [2.75, 3.05) is 5.23 Å². The molecule has 0 radical (unpaired) electrons. The molecule has 7 heteroatoms. The van der Waals surface area contributed by atoms with Crippen LogP contribution in [0.3, 0.4) is 0 Å². The molecule has 78 valence electrons. The minimum atomic E-state index is -0.904. The van der Waals surface area contributed by atoms with Crippen molar-refractivity contribution in [1.82, 2.24) is 0 Å². The van der Waals surface area contributed by atoms with Gasteiger partial charge in [-0.1, -0.05) is 0 Å². The van der Waals surface area contributed by atoms with Gasteiger partial charge in [0, 0.05) is 12.1 Å². The molecular formula is C8H6N3O4-. The Morgan fingerprint density at radius 3 is 2.80 bits per heavy atom. The molecule has 0 saturated heterocycles. The summed E-state index contributed by atoms with van der Waals surface area (Å²) in [5.41, 5.74) is 4.56. The fourth-order valence-corrected chi connectivity index (χ4v) is 0.823. The van der Waals surface area contributed by atoms with Gasteiger partial charge in [-0.2, -0.15) is 5.26 Å². The van der Waals surface area contributed by atoms with Crippen LogP contribution >= 0.6 is 0 Å². The number of hydrogen-bond donors (Lipinski definition) is 2. The number of primary amides is 1. The van der Waals surface area contributed by atoms with E-state index in [9.17, 15) is 10.0 Å². The molecule has 0 unspecified atom stereocenters. The van der Waals surface area contributed by atoms with E-state index in [1.807, 2.05) is 0 Å². The standard InChI is InChI=1S/C8H6N3O4/c9-4-5(8(10)12)3-6-1-2-7(15-6)11(13)14/h1-3,13H,(H2,10,12)/q-1. The summed E-state index contributed by atoms with van der Waals surface area (Å²) >= 11 is 0. The first-order chi connectivity index (χ1) is 7.04. The Morgan fingerprint density at radius 2 is 2.40 bits per heavy atom. The summed E-state index contributed by atoms with van der Waals surface area (Å²) in [4.78, 5) is 10.6. The van der Waals surface area contributed by atoms with Gasteiger partial charge in [-0.3, -0.25) is 15.2 Å². The molecule has 0 aliphatic carbocycles. The molecule has 1 amide bonds. The Bertz CT molecular complexity index is 441. The van der Waals surface area contributed by atoms with Crippen molar-refractivity contribution in [3.05, 3.63) is 28.7 Å². The van der Waals surface area contributed by atoms with E-state index in [4.69, 9.17) is 20.6 Å². The molecule has 0 spiro atoms. The van der Waals surface area contributed by atoms with Gasteiger partial charge in [-0.25, -0.2) is 0 Å². The summed E-state index contributed by atoms with van der Waals surface area (Å²) < 4.78 is 4.76. The molecule has 7 nitrogen and oxygen atoms in total. The van der Waals surface area contributed by atoms with Gasteiger partial charge in [-0.05, 0) is 6.07 Å². The van der Waals surface area contributed by atoms with Crippen LogP contribution in [0.15, 0.2) is 22.1 Å². The van der Waals surface area contributed by atoms with Crippen molar-refractivity contribution in [2.45, 2.75) is 0 Å². The molecule has 15 heavy (non-hydrogen) atoms. The highest BCUT2D eigenvalue weighted by Crippen LogP contribution is 2.18. The number of nitriles is 1. The van der Waals surface area contributed by atoms with Crippen LogP contribution in [-0.2, 0) is 4.79 Å². The lowest BCUT2D eigenvalue weighted by atomic mass is 10.2. The van der Waals surface area contributed by atoms with Crippen LogP contribution in [0.2, 0.25) is 0 Å². The van der Waals surface area contributed by atoms with Gasteiger partial charge >= 0.3 is 0 Å². The van der Waals surface area contributed by atoms with E-state index in [0.717, 1.165) is 6.08 Å². The SMILES string of the molecule is N#CC(=Cc1ccc(N([O-])O)o1)C(N)=O. The van der Waals surface area contributed by atoms with Crippen molar-refractivity contribution < 1.29 is 14.4 Å². The van der Waals surface area contributed by atoms with Gasteiger partial charge in [0.15, 0.2) is 0 Å². The second-order valence-electron chi connectivity index (χ2n) is 2.48. The Hall–Kier alpha value is -2.30. The number of amides is 1. The minimum Gasteiger partial charge on any atom is -0.731 e. The first-order valence-corrected chi connectivity index (χ1v) is 3.72. The number of hydrogen-bond acceptors (Lipinski definition) is 6. The summed E-state index contributed by atoms with van der Waals surface area (Å²) in [6.07, 6.45) is 1.06. The number of rotatable bonds is 3. The van der Waals surface area contributed by atoms with E-state index in [-0.39, 0.29) is 17.2 Å².